The van der Waals surface area contributed by atoms with Gasteiger partial charge >= 0.3 is 0 Å². The van der Waals surface area contributed by atoms with Crippen LogP contribution in [0.2, 0.25) is 5.02 Å². The predicted molar refractivity (Wildman–Crippen MR) is 83.0 cm³/mol. The minimum Gasteiger partial charge on any atom is -0.206 e. The second-order valence-electron chi connectivity index (χ2n) is 4.69. The van der Waals surface area contributed by atoms with Gasteiger partial charge in [-0.2, -0.15) is 0 Å². The fourth-order valence-electron chi connectivity index (χ4n) is 2.39. The summed E-state index contributed by atoms with van der Waals surface area (Å²) in [6, 6.07) is 14.6. The minimum absolute atomic E-state index is 0.0181. The molecule has 0 radical (unpaired) electrons. The highest BCUT2D eigenvalue weighted by molar-refractivity contribution is 6.31. The fourth-order valence-corrected chi connectivity index (χ4v) is 2.93. The molecule has 0 aliphatic carbocycles. The first kappa shape index (κ1) is 14.3. The molecule has 1 atom stereocenters. The number of hydrogen-bond donors (Lipinski definition) is 0. The van der Waals surface area contributed by atoms with Crippen LogP contribution in [0.3, 0.4) is 0 Å². The van der Waals surface area contributed by atoms with E-state index in [0.717, 1.165) is 0 Å². The summed E-state index contributed by atoms with van der Waals surface area (Å²) in [5.41, 5.74) is 0.927. The van der Waals surface area contributed by atoms with E-state index in [4.69, 9.17) is 23.2 Å². The maximum absolute atomic E-state index is 14.1. The van der Waals surface area contributed by atoms with Gasteiger partial charge < -0.3 is 0 Å². The molecule has 4 heteroatoms. The van der Waals surface area contributed by atoms with Crippen LogP contribution in [-0.2, 0) is 0 Å². The second kappa shape index (κ2) is 5.63. The van der Waals surface area contributed by atoms with Crippen LogP contribution in [0.25, 0.3) is 10.8 Å². The van der Waals surface area contributed by atoms with E-state index in [1.54, 1.807) is 42.5 Å². The van der Waals surface area contributed by atoms with Crippen LogP contribution in [-0.4, -0.2) is 0 Å². The largest absolute Gasteiger partial charge is 0.206 e. The molecule has 3 aromatic carbocycles. The van der Waals surface area contributed by atoms with Crippen molar-refractivity contribution < 1.29 is 8.78 Å². The van der Waals surface area contributed by atoms with Crippen molar-refractivity contribution in [1.29, 1.82) is 0 Å². The maximum atomic E-state index is 14.1. The lowest BCUT2D eigenvalue weighted by atomic mass is 9.97. The van der Waals surface area contributed by atoms with Crippen LogP contribution in [0.15, 0.2) is 54.6 Å². The van der Waals surface area contributed by atoms with Gasteiger partial charge in [-0.15, -0.1) is 11.6 Å². The number of rotatable bonds is 2. The molecule has 0 aromatic heterocycles. The molecule has 0 saturated heterocycles. The Hall–Kier alpha value is -1.64. The standard InChI is InChI=1S/C17H10Cl2F2/c18-14-7-3-6-13(17(14)21)16(19)12-8-9-15(20)11-5-2-1-4-10(11)12/h1-9,16H. The summed E-state index contributed by atoms with van der Waals surface area (Å²) in [6.45, 7) is 0. The highest BCUT2D eigenvalue weighted by Gasteiger charge is 2.19. The van der Waals surface area contributed by atoms with Crippen molar-refractivity contribution in [1.82, 2.24) is 0 Å². The summed E-state index contributed by atoms with van der Waals surface area (Å²) in [5, 5.41) is 0.402. The van der Waals surface area contributed by atoms with Gasteiger partial charge in [0.15, 0.2) is 0 Å². The Labute approximate surface area is 130 Å². The van der Waals surface area contributed by atoms with Crippen molar-refractivity contribution in [2.45, 2.75) is 5.38 Å². The Kier molecular flexibility index (Phi) is 3.83. The van der Waals surface area contributed by atoms with E-state index >= 15 is 0 Å². The molecule has 3 aromatic rings. The molecule has 0 bridgehead atoms. The number of halogens is 4. The van der Waals surface area contributed by atoms with Crippen molar-refractivity contribution in [2.75, 3.05) is 0 Å². The lowest BCUT2D eigenvalue weighted by Crippen LogP contribution is -1.99. The molecule has 106 valence electrons. The van der Waals surface area contributed by atoms with E-state index in [1.807, 2.05) is 0 Å². The van der Waals surface area contributed by atoms with E-state index in [0.29, 0.717) is 16.3 Å². The SMILES string of the molecule is Fc1c(Cl)cccc1C(Cl)c1ccc(F)c2ccccc12. The lowest BCUT2D eigenvalue weighted by Gasteiger charge is -2.15. The Bertz CT molecular complexity index is 815. The van der Waals surface area contributed by atoms with Gasteiger partial charge in [0.2, 0.25) is 0 Å². The molecule has 0 nitrogen and oxygen atoms in total. The van der Waals surface area contributed by atoms with E-state index in [2.05, 4.69) is 0 Å². The predicted octanol–water partition coefficient (Wildman–Crippen LogP) is 6.10. The van der Waals surface area contributed by atoms with Crippen LogP contribution in [0.1, 0.15) is 16.5 Å². The molecule has 21 heavy (non-hydrogen) atoms. The topological polar surface area (TPSA) is 0 Å². The lowest BCUT2D eigenvalue weighted by molar-refractivity contribution is 0.613. The van der Waals surface area contributed by atoms with Crippen molar-refractivity contribution in [3.05, 3.63) is 82.4 Å². The van der Waals surface area contributed by atoms with E-state index in [-0.39, 0.29) is 16.4 Å². The molecule has 3 rings (SSSR count). The van der Waals surface area contributed by atoms with Gasteiger partial charge in [0.25, 0.3) is 0 Å². The van der Waals surface area contributed by atoms with Crippen molar-refractivity contribution in [3.8, 4) is 0 Å². The average Bonchev–Trinajstić information content (AvgIpc) is 2.50. The van der Waals surface area contributed by atoms with Crippen molar-refractivity contribution in [2.24, 2.45) is 0 Å². The number of alkyl halides is 1. The van der Waals surface area contributed by atoms with Crippen LogP contribution in [0.4, 0.5) is 8.78 Å². The molecule has 0 amide bonds. The number of fused-ring (bicyclic) bond motifs is 1. The van der Waals surface area contributed by atoms with Crippen LogP contribution >= 0.6 is 23.2 Å². The summed E-state index contributed by atoms with van der Waals surface area (Å²) in [7, 11) is 0. The van der Waals surface area contributed by atoms with Crippen LogP contribution < -0.4 is 0 Å². The fraction of sp³-hybridized carbons (Fsp3) is 0.0588. The zero-order valence-corrected chi connectivity index (χ0v) is 12.3. The second-order valence-corrected chi connectivity index (χ2v) is 5.53. The molecule has 0 fully saturated rings. The molecule has 0 saturated carbocycles. The summed E-state index contributed by atoms with van der Waals surface area (Å²) in [6.07, 6.45) is 0. The third-order valence-corrected chi connectivity index (χ3v) is 4.19. The first-order valence-electron chi connectivity index (χ1n) is 6.34. The van der Waals surface area contributed by atoms with Crippen molar-refractivity contribution >= 4 is 34.0 Å². The number of hydrogen-bond acceptors (Lipinski definition) is 0. The summed E-state index contributed by atoms with van der Waals surface area (Å²) in [4.78, 5) is 0. The zero-order valence-electron chi connectivity index (χ0n) is 10.8. The molecule has 0 aliphatic heterocycles. The van der Waals surface area contributed by atoms with Gasteiger partial charge in [0.1, 0.15) is 11.6 Å². The molecular weight excluding hydrogens is 313 g/mol. The molecular formula is C17H10Cl2F2. The normalized spacial score (nSPS) is 12.6. The van der Waals surface area contributed by atoms with Gasteiger partial charge in [-0.1, -0.05) is 54.1 Å². The Morgan fingerprint density at radius 3 is 2.24 bits per heavy atom. The third kappa shape index (κ3) is 2.50. The Morgan fingerprint density at radius 1 is 0.762 bits per heavy atom. The molecule has 0 heterocycles. The Balaban J connectivity index is 2.21. The summed E-state index contributed by atoms with van der Waals surface area (Å²) >= 11 is 12.2. The van der Waals surface area contributed by atoms with Gasteiger partial charge in [-0.3, -0.25) is 0 Å². The maximum Gasteiger partial charge on any atom is 0.146 e. The number of benzene rings is 3. The molecule has 0 spiro atoms. The van der Waals surface area contributed by atoms with E-state index < -0.39 is 11.2 Å². The zero-order chi connectivity index (χ0) is 15.0. The monoisotopic (exact) mass is 322 g/mol. The Morgan fingerprint density at radius 2 is 1.48 bits per heavy atom. The van der Waals surface area contributed by atoms with Gasteiger partial charge in [0, 0.05) is 10.9 Å². The molecule has 0 aliphatic rings. The highest BCUT2D eigenvalue weighted by atomic mass is 35.5. The first-order chi connectivity index (χ1) is 10.1. The summed E-state index contributed by atoms with van der Waals surface area (Å²) in [5.74, 6) is -0.877. The van der Waals surface area contributed by atoms with Gasteiger partial charge in [-0.25, -0.2) is 8.78 Å². The molecule has 1 unspecified atom stereocenters. The highest BCUT2D eigenvalue weighted by Crippen LogP contribution is 2.37. The first-order valence-corrected chi connectivity index (χ1v) is 7.16. The smallest absolute Gasteiger partial charge is 0.146 e. The third-order valence-electron chi connectivity index (χ3n) is 3.43. The van der Waals surface area contributed by atoms with Crippen molar-refractivity contribution in [3.63, 3.8) is 0 Å². The minimum atomic E-state index is -0.741. The van der Waals surface area contributed by atoms with Gasteiger partial charge in [-0.05, 0) is 23.1 Å². The summed E-state index contributed by atoms with van der Waals surface area (Å²) < 4.78 is 28.0. The van der Waals surface area contributed by atoms with E-state index in [9.17, 15) is 8.78 Å². The average molecular weight is 323 g/mol. The van der Waals surface area contributed by atoms with E-state index in [1.165, 1.54) is 12.1 Å². The van der Waals surface area contributed by atoms with Crippen LogP contribution in [0.5, 0.6) is 0 Å². The molecule has 0 N–H and O–H groups in total. The quantitative estimate of drug-likeness (QED) is 0.500. The van der Waals surface area contributed by atoms with Gasteiger partial charge in [0.05, 0.1) is 10.4 Å². The van der Waals surface area contributed by atoms with Crippen LogP contribution in [0, 0.1) is 11.6 Å².